The van der Waals surface area contributed by atoms with Crippen LogP contribution in [0.1, 0.15) is 37.8 Å². The minimum atomic E-state index is -0.0296. The van der Waals surface area contributed by atoms with Gasteiger partial charge >= 0.3 is 0 Å². The fourth-order valence-corrected chi connectivity index (χ4v) is 9.87. The van der Waals surface area contributed by atoms with Crippen LogP contribution in [0.15, 0.2) is 206 Å². The minimum Gasteiger partial charge on any atom is -0.310 e. The molecule has 0 saturated heterocycles. The molecule has 0 N–H and O–H groups in total. The molecule has 58 heavy (non-hydrogen) atoms. The summed E-state index contributed by atoms with van der Waals surface area (Å²) < 4.78 is 0. The predicted octanol–water partition coefficient (Wildman–Crippen LogP) is 16.0. The third-order valence-corrected chi connectivity index (χ3v) is 12.8. The molecular weight excluding hydrogens is 699 g/mol. The second-order valence-electron chi connectivity index (χ2n) is 16.4. The molecule has 9 aromatic carbocycles. The first kappa shape index (κ1) is 34.3. The van der Waals surface area contributed by atoms with E-state index in [9.17, 15) is 0 Å². The molecular formula is C57H43N. The summed E-state index contributed by atoms with van der Waals surface area (Å²) in [7, 11) is 0. The molecule has 0 atom stereocenters. The van der Waals surface area contributed by atoms with Crippen molar-refractivity contribution in [3.05, 3.63) is 217 Å². The van der Waals surface area contributed by atoms with Gasteiger partial charge in [-0.05, 0) is 120 Å². The molecule has 0 radical (unpaired) electrons. The molecule has 0 aliphatic heterocycles. The summed E-state index contributed by atoms with van der Waals surface area (Å²) in [6.45, 7) is 4.83. The van der Waals surface area contributed by atoms with E-state index in [0.29, 0.717) is 0 Å². The van der Waals surface area contributed by atoms with Crippen LogP contribution in [0.5, 0.6) is 0 Å². The van der Waals surface area contributed by atoms with Crippen LogP contribution in [0.2, 0.25) is 0 Å². The quantitative estimate of drug-likeness (QED) is 0.153. The fraction of sp³-hybridized carbons (Fsp3) is 0.0877. The van der Waals surface area contributed by atoms with E-state index < -0.39 is 0 Å². The summed E-state index contributed by atoms with van der Waals surface area (Å²) in [4.78, 5) is 2.49. The zero-order valence-corrected chi connectivity index (χ0v) is 32.9. The van der Waals surface area contributed by atoms with Crippen molar-refractivity contribution in [2.45, 2.75) is 32.1 Å². The molecule has 0 saturated carbocycles. The molecule has 1 heteroatoms. The highest BCUT2D eigenvalue weighted by Crippen LogP contribution is 2.52. The molecule has 0 fully saturated rings. The van der Waals surface area contributed by atoms with E-state index in [1.807, 2.05) is 0 Å². The van der Waals surface area contributed by atoms with Crippen LogP contribution in [-0.4, -0.2) is 0 Å². The molecule has 0 aromatic heterocycles. The van der Waals surface area contributed by atoms with Crippen molar-refractivity contribution in [3.8, 4) is 33.4 Å². The molecule has 0 bridgehead atoms. The lowest BCUT2D eigenvalue weighted by molar-refractivity contribution is 0.607. The Hall–Kier alpha value is -6.96. The van der Waals surface area contributed by atoms with E-state index >= 15 is 0 Å². The fourth-order valence-electron chi connectivity index (χ4n) is 9.87. The lowest BCUT2D eigenvalue weighted by Crippen LogP contribution is -2.19. The molecule has 2 aliphatic carbocycles. The maximum Gasteiger partial charge on any atom is 0.0546 e. The smallest absolute Gasteiger partial charge is 0.0546 e. The second-order valence-corrected chi connectivity index (χ2v) is 16.4. The first-order chi connectivity index (χ1) is 28.5. The van der Waals surface area contributed by atoms with E-state index in [-0.39, 0.29) is 5.41 Å². The lowest BCUT2D eigenvalue weighted by Gasteiger charge is -2.30. The number of hydrogen-bond acceptors (Lipinski definition) is 1. The summed E-state index contributed by atoms with van der Waals surface area (Å²) >= 11 is 0. The molecule has 0 unspecified atom stereocenters. The van der Waals surface area contributed by atoms with Crippen LogP contribution >= 0.6 is 0 Å². The minimum absolute atomic E-state index is 0.0296. The molecule has 1 nitrogen and oxygen atoms in total. The topological polar surface area (TPSA) is 3.24 Å². The van der Waals surface area contributed by atoms with Crippen molar-refractivity contribution < 1.29 is 0 Å². The van der Waals surface area contributed by atoms with Crippen LogP contribution in [-0.2, 0) is 5.41 Å². The number of fused-ring (bicyclic) bond motifs is 6. The SMILES string of the molecule is CC1(C)C2=C(C=CCC2)c2ccc(N(c3ccc(-c4ccc5ccccc5c4-c4ccc(-c5ccccc5)cc4)cc3)c3cc4ccccc4c4ccccc34)cc21. The van der Waals surface area contributed by atoms with Crippen LogP contribution in [0.3, 0.4) is 0 Å². The van der Waals surface area contributed by atoms with Crippen LogP contribution in [0.4, 0.5) is 17.1 Å². The van der Waals surface area contributed by atoms with Gasteiger partial charge in [-0.25, -0.2) is 0 Å². The largest absolute Gasteiger partial charge is 0.310 e. The van der Waals surface area contributed by atoms with E-state index in [2.05, 4.69) is 219 Å². The van der Waals surface area contributed by atoms with Gasteiger partial charge in [-0.1, -0.05) is 189 Å². The highest BCUT2D eigenvalue weighted by Gasteiger charge is 2.38. The number of anilines is 3. The summed E-state index contributed by atoms with van der Waals surface area (Å²) in [6, 6.07) is 69.6. The summed E-state index contributed by atoms with van der Waals surface area (Å²) in [5, 5.41) is 7.51. The van der Waals surface area contributed by atoms with Crippen molar-refractivity contribution in [1.29, 1.82) is 0 Å². The zero-order valence-electron chi connectivity index (χ0n) is 32.9. The van der Waals surface area contributed by atoms with Gasteiger partial charge in [-0.15, -0.1) is 0 Å². The van der Waals surface area contributed by atoms with Crippen molar-refractivity contribution in [2.24, 2.45) is 0 Å². The molecule has 9 aromatic rings. The van der Waals surface area contributed by atoms with Gasteiger partial charge in [0.15, 0.2) is 0 Å². The van der Waals surface area contributed by atoms with Crippen molar-refractivity contribution in [2.75, 3.05) is 4.90 Å². The van der Waals surface area contributed by atoms with Gasteiger partial charge in [0.25, 0.3) is 0 Å². The van der Waals surface area contributed by atoms with E-state index in [1.165, 1.54) is 93.8 Å². The average Bonchev–Trinajstić information content (AvgIpc) is 3.52. The van der Waals surface area contributed by atoms with E-state index in [0.717, 1.165) is 18.5 Å². The Balaban J connectivity index is 1.08. The predicted molar refractivity (Wildman–Crippen MR) is 248 cm³/mol. The number of hydrogen-bond donors (Lipinski definition) is 0. The van der Waals surface area contributed by atoms with Crippen LogP contribution in [0.25, 0.3) is 71.3 Å². The van der Waals surface area contributed by atoms with Crippen molar-refractivity contribution in [1.82, 2.24) is 0 Å². The number of rotatable bonds is 6. The van der Waals surface area contributed by atoms with Gasteiger partial charge in [-0.3, -0.25) is 0 Å². The van der Waals surface area contributed by atoms with Gasteiger partial charge in [-0.2, -0.15) is 0 Å². The monoisotopic (exact) mass is 741 g/mol. The van der Waals surface area contributed by atoms with Crippen molar-refractivity contribution >= 4 is 55.0 Å². The van der Waals surface area contributed by atoms with Crippen molar-refractivity contribution in [3.63, 3.8) is 0 Å². The van der Waals surface area contributed by atoms with Crippen LogP contribution in [0, 0.1) is 0 Å². The molecule has 11 rings (SSSR count). The molecule has 276 valence electrons. The zero-order chi connectivity index (χ0) is 38.8. The number of benzene rings is 9. The first-order valence-electron chi connectivity index (χ1n) is 20.6. The normalized spacial score (nSPS) is 14.2. The van der Waals surface area contributed by atoms with E-state index in [1.54, 1.807) is 5.57 Å². The van der Waals surface area contributed by atoms with Gasteiger partial charge in [0.2, 0.25) is 0 Å². The third-order valence-electron chi connectivity index (χ3n) is 12.8. The Labute approximate surface area is 340 Å². The molecule has 0 amide bonds. The second kappa shape index (κ2) is 13.6. The Bertz CT molecular complexity index is 3110. The standard InChI is InChI=1S/C57H43N/c1-57(2)53-23-13-12-21-50(53)51-35-33-45(37-54(51)57)58(55-36-43-17-7-8-18-46(43)49-20-10-11-22-52(49)55)44-31-28-41(29-32-44)48-34-30-40-16-6-9-19-47(40)56(48)42-26-24-39(25-27-42)38-14-4-3-5-15-38/h3-12,14-22,24-37H,13,23H2,1-2H3. The average molecular weight is 742 g/mol. The van der Waals surface area contributed by atoms with Gasteiger partial charge in [0.1, 0.15) is 0 Å². The first-order valence-corrected chi connectivity index (χ1v) is 20.6. The Morgan fingerprint density at radius 2 is 1.05 bits per heavy atom. The summed E-state index contributed by atoms with van der Waals surface area (Å²) in [6.07, 6.45) is 6.94. The van der Waals surface area contributed by atoms with Gasteiger partial charge < -0.3 is 4.90 Å². The van der Waals surface area contributed by atoms with Gasteiger partial charge in [0.05, 0.1) is 5.69 Å². The van der Waals surface area contributed by atoms with Gasteiger partial charge in [0, 0.05) is 22.2 Å². The van der Waals surface area contributed by atoms with E-state index in [4.69, 9.17) is 0 Å². The highest BCUT2D eigenvalue weighted by molar-refractivity contribution is 6.14. The maximum absolute atomic E-state index is 2.49. The molecule has 0 heterocycles. The Morgan fingerprint density at radius 1 is 0.448 bits per heavy atom. The lowest BCUT2D eigenvalue weighted by atomic mass is 9.78. The molecule has 0 spiro atoms. The number of allylic oxidation sites excluding steroid dienone is 4. The number of nitrogens with zero attached hydrogens (tertiary/aromatic N) is 1. The molecule has 2 aliphatic rings. The maximum atomic E-state index is 2.49. The Kier molecular flexibility index (Phi) is 8.05. The van der Waals surface area contributed by atoms with Crippen LogP contribution < -0.4 is 4.90 Å². The third kappa shape index (κ3) is 5.53. The summed E-state index contributed by atoms with van der Waals surface area (Å²) in [5.74, 6) is 0. The highest BCUT2D eigenvalue weighted by atomic mass is 15.1. The summed E-state index contributed by atoms with van der Waals surface area (Å²) in [5.41, 5.74) is 16.6. The Morgan fingerprint density at radius 3 is 1.84 bits per heavy atom.